The third kappa shape index (κ3) is 4.97. The lowest BCUT2D eigenvalue weighted by Gasteiger charge is -2.22. The largest absolute Gasteiger partial charge is 0.459 e. The van der Waals surface area contributed by atoms with E-state index in [-0.39, 0.29) is 17.6 Å². The molecule has 1 N–H and O–H groups in total. The zero-order valence-electron chi connectivity index (χ0n) is 10.4. The van der Waals surface area contributed by atoms with E-state index in [1.54, 1.807) is 0 Å². The van der Waals surface area contributed by atoms with Gasteiger partial charge in [0.1, 0.15) is 11.6 Å². The summed E-state index contributed by atoms with van der Waals surface area (Å²) >= 11 is 3.66. The van der Waals surface area contributed by atoms with Crippen LogP contribution in [0.4, 0.5) is 0 Å². The summed E-state index contributed by atoms with van der Waals surface area (Å²) < 4.78 is 5.35. The van der Waals surface area contributed by atoms with Gasteiger partial charge in [0.05, 0.1) is 5.37 Å². The van der Waals surface area contributed by atoms with Crippen molar-refractivity contribution >= 4 is 29.5 Å². The number of nitrogens with one attached hydrogen (secondary N) is 1. The predicted molar refractivity (Wildman–Crippen MR) is 72.0 cm³/mol. The third-order valence-electron chi connectivity index (χ3n) is 2.13. The Morgan fingerprint density at radius 3 is 2.81 bits per heavy atom. The quantitative estimate of drug-likeness (QED) is 0.787. The van der Waals surface area contributed by atoms with Crippen LogP contribution in [0.1, 0.15) is 27.2 Å². The monoisotopic (exact) mass is 263 g/mol. The van der Waals surface area contributed by atoms with Gasteiger partial charge in [-0.1, -0.05) is 0 Å². The van der Waals surface area contributed by atoms with Crippen LogP contribution in [0.2, 0.25) is 0 Å². The van der Waals surface area contributed by atoms with Crippen LogP contribution in [0.25, 0.3) is 0 Å². The lowest BCUT2D eigenvalue weighted by atomic mass is 10.2. The van der Waals surface area contributed by atoms with Gasteiger partial charge >= 0.3 is 5.97 Å². The predicted octanol–water partition coefficient (Wildman–Crippen LogP) is 2.11. The highest BCUT2D eigenvalue weighted by molar-refractivity contribution is 8.00. The van der Waals surface area contributed by atoms with Gasteiger partial charge in [-0.2, -0.15) is 11.8 Å². The van der Waals surface area contributed by atoms with Crippen molar-refractivity contribution in [2.24, 2.45) is 0 Å². The summed E-state index contributed by atoms with van der Waals surface area (Å²) in [5.74, 6) is 1.84. The summed E-state index contributed by atoms with van der Waals surface area (Å²) in [4.78, 5) is 11.8. The van der Waals surface area contributed by atoms with Crippen molar-refractivity contribution in [1.29, 1.82) is 0 Å². The Balaban J connectivity index is 2.32. The Morgan fingerprint density at radius 1 is 1.56 bits per heavy atom. The first-order valence-electron chi connectivity index (χ1n) is 5.52. The molecular weight excluding hydrogens is 242 g/mol. The van der Waals surface area contributed by atoms with E-state index in [9.17, 15) is 4.79 Å². The molecule has 1 saturated heterocycles. The van der Waals surface area contributed by atoms with Gasteiger partial charge in [-0.3, -0.25) is 10.1 Å². The third-order valence-corrected chi connectivity index (χ3v) is 4.07. The molecule has 0 radical (unpaired) electrons. The normalized spacial score (nSPS) is 25.8. The SMILES string of the molecule is CSCCC1NC(C(=O)OC(C)(C)C)CS1. The Kier molecular flexibility index (Phi) is 5.47. The number of hydrogen-bond acceptors (Lipinski definition) is 5. The van der Waals surface area contributed by atoms with Gasteiger partial charge in [0.15, 0.2) is 0 Å². The molecule has 1 aliphatic heterocycles. The van der Waals surface area contributed by atoms with Gasteiger partial charge in [0.25, 0.3) is 0 Å². The fourth-order valence-electron chi connectivity index (χ4n) is 1.43. The van der Waals surface area contributed by atoms with Gasteiger partial charge in [-0.25, -0.2) is 0 Å². The second kappa shape index (κ2) is 6.17. The molecule has 0 amide bonds. The first-order valence-corrected chi connectivity index (χ1v) is 7.96. The maximum absolute atomic E-state index is 11.8. The molecule has 0 aromatic heterocycles. The van der Waals surface area contributed by atoms with Gasteiger partial charge in [-0.15, -0.1) is 11.8 Å². The summed E-state index contributed by atoms with van der Waals surface area (Å²) in [7, 11) is 0. The van der Waals surface area contributed by atoms with Crippen LogP contribution >= 0.6 is 23.5 Å². The summed E-state index contributed by atoms with van der Waals surface area (Å²) in [6.07, 6.45) is 3.20. The van der Waals surface area contributed by atoms with Crippen LogP contribution < -0.4 is 5.32 Å². The molecule has 0 bridgehead atoms. The molecule has 2 unspecified atom stereocenters. The first kappa shape index (κ1) is 14.2. The highest BCUT2D eigenvalue weighted by atomic mass is 32.2. The van der Waals surface area contributed by atoms with Gasteiger partial charge < -0.3 is 4.74 Å². The molecular formula is C11H21NO2S2. The molecule has 1 fully saturated rings. The molecule has 3 nitrogen and oxygen atoms in total. The summed E-state index contributed by atoms with van der Waals surface area (Å²) in [6.45, 7) is 5.70. The fourth-order valence-corrected chi connectivity index (χ4v) is 3.26. The van der Waals surface area contributed by atoms with Crippen molar-refractivity contribution in [3.63, 3.8) is 0 Å². The van der Waals surface area contributed by atoms with Crippen molar-refractivity contribution in [2.75, 3.05) is 17.8 Å². The molecule has 0 aromatic carbocycles. The standard InChI is InChI=1S/C11H21NO2S2/c1-11(2,3)14-10(13)8-7-16-9(12-8)5-6-15-4/h8-9,12H,5-7H2,1-4H3. The molecule has 1 heterocycles. The minimum Gasteiger partial charge on any atom is -0.459 e. The molecule has 0 spiro atoms. The Bertz CT molecular complexity index is 241. The molecule has 1 rings (SSSR count). The zero-order chi connectivity index (χ0) is 12.2. The zero-order valence-corrected chi connectivity index (χ0v) is 12.0. The van der Waals surface area contributed by atoms with E-state index in [0.717, 1.165) is 17.9 Å². The second-order valence-electron chi connectivity index (χ2n) is 4.86. The first-order chi connectivity index (χ1) is 7.42. The number of carbonyl (C=O) groups excluding carboxylic acids is 1. The Morgan fingerprint density at radius 2 is 2.25 bits per heavy atom. The molecule has 0 saturated carbocycles. The van der Waals surface area contributed by atoms with Crippen LogP contribution in [0.5, 0.6) is 0 Å². The van der Waals surface area contributed by atoms with Crippen molar-refractivity contribution < 1.29 is 9.53 Å². The van der Waals surface area contributed by atoms with Gasteiger partial charge in [-0.05, 0) is 39.2 Å². The molecule has 94 valence electrons. The molecule has 5 heteroatoms. The van der Waals surface area contributed by atoms with Crippen LogP contribution in [0, 0.1) is 0 Å². The van der Waals surface area contributed by atoms with E-state index >= 15 is 0 Å². The Labute approximate surface area is 106 Å². The summed E-state index contributed by atoms with van der Waals surface area (Å²) in [5.41, 5.74) is -0.388. The van der Waals surface area contributed by atoms with E-state index in [4.69, 9.17) is 4.74 Å². The fraction of sp³-hybridized carbons (Fsp3) is 0.909. The molecule has 2 atom stereocenters. The lowest BCUT2D eigenvalue weighted by Crippen LogP contribution is -2.41. The molecule has 0 aliphatic carbocycles. The summed E-state index contributed by atoms with van der Waals surface area (Å²) in [5, 5.41) is 3.73. The summed E-state index contributed by atoms with van der Waals surface area (Å²) in [6, 6.07) is -0.129. The number of thioether (sulfide) groups is 2. The Hall–Kier alpha value is 0.130. The topological polar surface area (TPSA) is 38.3 Å². The average molecular weight is 263 g/mol. The van der Waals surface area contributed by atoms with Crippen LogP contribution in [0.15, 0.2) is 0 Å². The molecule has 16 heavy (non-hydrogen) atoms. The highest BCUT2D eigenvalue weighted by Gasteiger charge is 2.32. The smallest absolute Gasteiger partial charge is 0.324 e. The van der Waals surface area contributed by atoms with E-state index in [1.807, 2.05) is 44.3 Å². The molecule has 0 aromatic rings. The average Bonchev–Trinajstić information content (AvgIpc) is 2.60. The molecule has 1 aliphatic rings. The lowest BCUT2D eigenvalue weighted by molar-refractivity contribution is -0.156. The minimum atomic E-state index is -0.388. The van der Waals surface area contributed by atoms with Crippen LogP contribution in [-0.2, 0) is 9.53 Å². The van der Waals surface area contributed by atoms with E-state index in [2.05, 4.69) is 11.6 Å². The highest BCUT2D eigenvalue weighted by Crippen LogP contribution is 2.24. The van der Waals surface area contributed by atoms with Crippen molar-refractivity contribution in [1.82, 2.24) is 5.32 Å². The second-order valence-corrected chi connectivity index (χ2v) is 7.08. The van der Waals surface area contributed by atoms with E-state index in [0.29, 0.717) is 5.37 Å². The van der Waals surface area contributed by atoms with Crippen LogP contribution in [0.3, 0.4) is 0 Å². The number of esters is 1. The van der Waals surface area contributed by atoms with Crippen molar-refractivity contribution in [3.8, 4) is 0 Å². The number of ether oxygens (including phenoxy) is 1. The van der Waals surface area contributed by atoms with E-state index < -0.39 is 0 Å². The van der Waals surface area contributed by atoms with Gasteiger partial charge in [0, 0.05) is 5.75 Å². The van der Waals surface area contributed by atoms with E-state index in [1.165, 1.54) is 0 Å². The maximum atomic E-state index is 11.8. The number of hydrogen-bond donors (Lipinski definition) is 1. The van der Waals surface area contributed by atoms with Crippen molar-refractivity contribution in [3.05, 3.63) is 0 Å². The van der Waals surface area contributed by atoms with Crippen molar-refractivity contribution in [2.45, 2.75) is 44.2 Å². The maximum Gasteiger partial charge on any atom is 0.324 e. The number of carbonyl (C=O) groups is 1. The number of rotatable bonds is 4. The van der Waals surface area contributed by atoms with Crippen LogP contribution in [-0.4, -0.2) is 40.7 Å². The van der Waals surface area contributed by atoms with Gasteiger partial charge in [0.2, 0.25) is 0 Å². The minimum absolute atomic E-state index is 0.119.